The number of rotatable bonds is 5. The van der Waals surface area contributed by atoms with Crippen LogP contribution in [0.25, 0.3) is 0 Å². The van der Waals surface area contributed by atoms with Crippen LogP contribution in [0.1, 0.15) is 0 Å². The average Bonchev–Trinajstić information content (AvgIpc) is 2.00. The first-order valence-corrected chi connectivity index (χ1v) is 4.71. The molecule has 0 saturated carbocycles. The van der Waals surface area contributed by atoms with Crippen LogP contribution in [0.2, 0.25) is 0 Å². The Hall–Kier alpha value is 0.980. The lowest BCUT2D eigenvalue weighted by molar-refractivity contribution is 0.232. The molecule has 0 rings (SSSR count). The lowest BCUT2D eigenvalue weighted by Crippen LogP contribution is -1.93. The molecule has 0 fully saturated rings. The van der Waals surface area contributed by atoms with Gasteiger partial charge in [-0.05, 0) is 0 Å². The molecule has 0 aromatic carbocycles. The fourth-order valence-electron chi connectivity index (χ4n) is 0.197. The number of halogens is 3. The SMILES string of the molecule is O=P(OCl)(OCl)OCCCl. The normalized spacial score (nSPS) is 11.9. The molecule has 10 heavy (non-hydrogen) atoms. The van der Waals surface area contributed by atoms with Crippen LogP contribution in [0, 0.1) is 0 Å². The molecule has 0 aliphatic rings. The fraction of sp³-hybridized carbons (Fsp3) is 1.00. The van der Waals surface area contributed by atoms with E-state index < -0.39 is 7.82 Å². The second-order valence-corrected chi connectivity index (χ2v) is 3.74. The summed E-state index contributed by atoms with van der Waals surface area (Å²) in [6, 6.07) is 0. The molecule has 0 amide bonds. The van der Waals surface area contributed by atoms with Crippen molar-refractivity contribution in [3.63, 3.8) is 0 Å². The molecule has 0 heterocycles. The summed E-state index contributed by atoms with van der Waals surface area (Å²) in [4.78, 5) is 0. The van der Waals surface area contributed by atoms with Gasteiger partial charge in [0, 0.05) is 5.88 Å². The molecule has 8 heteroatoms. The van der Waals surface area contributed by atoms with Gasteiger partial charge in [-0.25, -0.2) is 4.57 Å². The van der Waals surface area contributed by atoms with E-state index in [4.69, 9.17) is 35.3 Å². The summed E-state index contributed by atoms with van der Waals surface area (Å²) in [5.41, 5.74) is 0. The highest BCUT2D eigenvalue weighted by Crippen LogP contribution is 2.51. The Kier molecular flexibility index (Phi) is 6.16. The molecule has 0 unspecified atom stereocenters. The molecule has 0 aromatic rings. The van der Waals surface area contributed by atoms with E-state index in [0.29, 0.717) is 0 Å². The van der Waals surface area contributed by atoms with Crippen LogP contribution in [0.3, 0.4) is 0 Å². The molecular formula is C2H4Cl3O4P. The van der Waals surface area contributed by atoms with Crippen molar-refractivity contribution in [2.24, 2.45) is 0 Å². The highest BCUT2D eigenvalue weighted by molar-refractivity contribution is 7.50. The maximum atomic E-state index is 10.7. The Balaban J connectivity index is 3.70. The molecule has 0 radical (unpaired) electrons. The standard InChI is InChI=1S/C2H4Cl3O4P/c3-1-2-7-10(6,8-4)9-5/h1-2H2. The lowest BCUT2D eigenvalue weighted by atomic mass is 10.9. The van der Waals surface area contributed by atoms with Gasteiger partial charge in [0.1, 0.15) is 0 Å². The molecule has 0 bridgehead atoms. The van der Waals surface area contributed by atoms with Crippen LogP contribution in [-0.2, 0) is 17.2 Å². The van der Waals surface area contributed by atoms with Crippen molar-refractivity contribution in [3.05, 3.63) is 0 Å². The van der Waals surface area contributed by atoms with E-state index in [9.17, 15) is 4.57 Å². The molecular weight excluding hydrogens is 225 g/mol. The quantitative estimate of drug-likeness (QED) is 0.537. The zero-order chi connectivity index (χ0) is 8.04. The first-order valence-electron chi connectivity index (χ1n) is 2.09. The molecule has 4 nitrogen and oxygen atoms in total. The largest absolute Gasteiger partial charge is 0.507 e. The van der Waals surface area contributed by atoms with Gasteiger partial charge in [-0.1, -0.05) is 0 Å². The van der Waals surface area contributed by atoms with E-state index in [0.717, 1.165) is 0 Å². The third-order valence-electron chi connectivity index (χ3n) is 0.496. The van der Waals surface area contributed by atoms with Gasteiger partial charge < -0.3 is 0 Å². The van der Waals surface area contributed by atoms with Crippen molar-refractivity contribution in [1.82, 2.24) is 0 Å². The van der Waals surface area contributed by atoms with Crippen LogP contribution in [-0.4, -0.2) is 12.5 Å². The summed E-state index contributed by atoms with van der Waals surface area (Å²) in [5.74, 6) is 0.143. The highest BCUT2D eigenvalue weighted by atomic mass is 35.5. The van der Waals surface area contributed by atoms with E-state index >= 15 is 0 Å². The monoisotopic (exact) mass is 228 g/mol. The second-order valence-electron chi connectivity index (χ2n) is 1.11. The number of alkyl halides is 1. The molecule has 0 spiro atoms. The summed E-state index contributed by atoms with van der Waals surface area (Å²) < 4.78 is 22.7. The minimum absolute atomic E-state index is 0.0156. The topological polar surface area (TPSA) is 44.8 Å². The summed E-state index contributed by atoms with van der Waals surface area (Å²) in [6.07, 6.45) is 0. The molecule has 0 atom stereocenters. The van der Waals surface area contributed by atoms with E-state index in [1.165, 1.54) is 0 Å². The van der Waals surface area contributed by atoms with Crippen LogP contribution in [0.4, 0.5) is 0 Å². The van der Waals surface area contributed by atoms with Crippen LogP contribution in [0.15, 0.2) is 0 Å². The van der Waals surface area contributed by atoms with Gasteiger partial charge >= 0.3 is 7.82 Å². The second kappa shape index (κ2) is 5.61. The predicted molar refractivity (Wildman–Crippen MR) is 38.2 cm³/mol. The minimum atomic E-state index is -3.75. The molecule has 62 valence electrons. The van der Waals surface area contributed by atoms with E-state index in [1.807, 2.05) is 0 Å². The van der Waals surface area contributed by atoms with Gasteiger partial charge in [0.25, 0.3) is 0 Å². The third-order valence-corrected chi connectivity index (χ3v) is 2.50. The Labute approximate surface area is 73.2 Å². The lowest BCUT2D eigenvalue weighted by Gasteiger charge is -2.06. The maximum absolute atomic E-state index is 10.7. The summed E-state index contributed by atoms with van der Waals surface area (Å²) in [5, 5.41) is 0. The molecule has 0 aromatic heterocycles. The van der Waals surface area contributed by atoms with E-state index in [2.05, 4.69) is 12.7 Å². The Morgan fingerprint density at radius 3 is 2.10 bits per heavy atom. The summed E-state index contributed by atoms with van der Waals surface area (Å²) >= 11 is 14.6. The number of phosphoric acid groups is 1. The highest BCUT2D eigenvalue weighted by Gasteiger charge is 2.25. The first-order chi connectivity index (χ1) is 4.68. The molecule has 0 aliphatic heterocycles. The van der Waals surface area contributed by atoms with Crippen LogP contribution < -0.4 is 0 Å². The van der Waals surface area contributed by atoms with Crippen molar-refractivity contribution < 1.29 is 17.2 Å². The first kappa shape index (κ1) is 11.0. The van der Waals surface area contributed by atoms with Gasteiger partial charge in [0.2, 0.25) is 0 Å². The Bertz CT molecular complexity index is 122. The average molecular weight is 229 g/mol. The minimum Gasteiger partial charge on any atom is -0.284 e. The zero-order valence-corrected chi connectivity index (χ0v) is 7.79. The third kappa shape index (κ3) is 3.98. The fourth-order valence-corrected chi connectivity index (χ4v) is 1.29. The van der Waals surface area contributed by atoms with Gasteiger partial charge in [-0.2, -0.15) is 8.15 Å². The maximum Gasteiger partial charge on any atom is 0.507 e. The predicted octanol–water partition coefficient (Wildman–Crippen LogP) is 2.69. The number of hydrogen-bond acceptors (Lipinski definition) is 4. The van der Waals surface area contributed by atoms with E-state index in [1.54, 1.807) is 0 Å². The number of hydrogen-bond donors (Lipinski definition) is 0. The summed E-state index contributed by atoms with van der Waals surface area (Å²) in [6.45, 7) is -0.0156. The molecule has 0 saturated heterocycles. The molecule has 0 aliphatic carbocycles. The van der Waals surface area contributed by atoms with Gasteiger partial charge in [-0.3, -0.25) is 4.52 Å². The van der Waals surface area contributed by atoms with Crippen molar-refractivity contribution in [3.8, 4) is 0 Å². The summed E-state index contributed by atoms with van der Waals surface area (Å²) in [7, 11) is -3.75. The van der Waals surface area contributed by atoms with Crippen LogP contribution in [0.5, 0.6) is 0 Å². The van der Waals surface area contributed by atoms with Crippen molar-refractivity contribution in [1.29, 1.82) is 0 Å². The Morgan fingerprint density at radius 1 is 1.30 bits per heavy atom. The van der Waals surface area contributed by atoms with Gasteiger partial charge in [0.15, 0.2) is 0 Å². The van der Waals surface area contributed by atoms with Crippen molar-refractivity contribution in [2.75, 3.05) is 12.5 Å². The smallest absolute Gasteiger partial charge is 0.284 e. The molecule has 0 N–H and O–H groups in total. The zero-order valence-electron chi connectivity index (χ0n) is 4.63. The Morgan fingerprint density at radius 2 is 1.80 bits per heavy atom. The van der Waals surface area contributed by atoms with Crippen molar-refractivity contribution in [2.45, 2.75) is 0 Å². The van der Waals surface area contributed by atoms with Crippen LogP contribution >= 0.6 is 43.2 Å². The van der Waals surface area contributed by atoms with E-state index in [-0.39, 0.29) is 12.5 Å². The van der Waals surface area contributed by atoms with Gasteiger partial charge in [0.05, 0.1) is 30.3 Å². The van der Waals surface area contributed by atoms with Gasteiger partial charge in [-0.15, -0.1) is 11.6 Å². The van der Waals surface area contributed by atoms with Crippen molar-refractivity contribution >= 4 is 43.2 Å².